The highest BCUT2D eigenvalue weighted by molar-refractivity contribution is 5.99. The van der Waals surface area contributed by atoms with Gasteiger partial charge >= 0.3 is 0 Å². The summed E-state index contributed by atoms with van der Waals surface area (Å²) in [6.45, 7) is 5.61. The lowest BCUT2D eigenvalue weighted by Gasteiger charge is -2.29. The van der Waals surface area contributed by atoms with E-state index in [1.165, 1.54) is 6.08 Å². The van der Waals surface area contributed by atoms with Crippen molar-refractivity contribution in [2.75, 3.05) is 43.2 Å². The first kappa shape index (κ1) is 25.0. The number of nitrogens with one attached hydrogen (secondary N) is 3. The normalized spacial score (nSPS) is 14.2. The highest BCUT2D eigenvalue weighted by Crippen LogP contribution is 2.29. The van der Waals surface area contributed by atoms with Crippen LogP contribution in [0.15, 0.2) is 61.6 Å². The van der Waals surface area contributed by atoms with Crippen LogP contribution in [0.25, 0.3) is 22.3 Å². The number of pyridine rings is 3. The van der Waals surface area contributed by atoms with Crippen LogP contribution in [0, 0.1) is 0 Å². The van der Waals surface area contributed by atoms with Crippen molar-refractivity contribution >= 4 is 40.0 Å². The van der Waals surface area contributed by atoms with Gasteiger partial charge < -0.3 is 25.6 Å². The van der Waals surface area contributed by atoms with Crippen molar-refractivity contribution in [3.05, 3.63) is 61.6 Å². The van der Waals surface area contributed by atoms with E-state index in [0.717, 1.165) is 37.1 Å². The van der Waals surface area contributed by atoms with E-state index in [0.29, 0.717) is 46.1 Å². The predicted molar refractivity (Wildman–Crippen MR) is 148 cm³/mol. The lowest BCUT2D eigenvalue weighted by Crippen LogP contribution is -2.36. The van der Waals surface area contributed by atoms with Crippen LogP contribution in [0.4, 0.5) is 23.1 Å². The zero-order chi connectivity index (χ0) is 26.5. The third-order valence-electron chi connectivity index (χ3n) is 6.33. The van der Waals surface area contributed by atoms with E-state index in [1.54, 1.807) is 37.8 Å². The maximum atomic E-state index is 11.7. The second-order valence-electron chi connectivity index (χ2n) is 9.01. The fourth-order valence-electron chi connectivity index (χ4n) is 4.29. The van der Waals surface area contributed by atoms with Crippen LogP contribution in [0.2, 0.25) is 0 Å². The molecule has 5 rings (SSSR count). The number of hydrogen-bond donors (Lipinski definition) is 3. The lowest BCUT2D eigenvalue weighted by atomic mass is 10.1. The van der Waals surface area contributed by atoms with E-state index in [2.05, 4.69) is 54.4 Å². The minimum atomic E-state index is -0.308. The van der Waals surface area contributed by atoms with Crippen molar-refractivity contribution in [3.63, 3.8) is 0 Å². The molecule has 3 N–H and O–H groups in total. The maximum absolute atomic E-state index is 11.7. The third-order valence-corrected chi connectivity index (χ3v) is 6.33. The molecule has 1 saturated heterocycles. The molecule has 11 heteroatoms. The summed E-state index contributed by atoms with van der Waals surface area (Å²) in [4.78, 5) is 36.8. The molecule has 0 radical (unpaired) electrons. The molecular formula is C27H29N9O2. The van der Waals surface area contributed by atoms with Gasteiger partial charge in [-0.25, -0.2) is 9.97 Å². The molecular weight excluding hydrogens is 482 g/mol. The fourth-order valence-corrected chi connectivity index (χ4v) is 4.29. The van der Waals surface area contributed by atoms with Crippen molar-refractivity contribution in [3.8, 4) is 17.3 Å². The van der Waals surface area contributed by atoms with Crippen LogP contribution in [0.5, 0.6) is 5.88 Å². The number of anilines is 4. The Morgan fingerprint density at radius 1 is 1.11 bits per heavy atom. The van der Waals surface area contributed by atoms with Gasteiger partial charge in [0.25, 0.3) is 0 Å². The highest BCUT2D eigenvalue weighted by atomic mass is 16.5. The summed E-state index contributed by atoms with van der Waals surface area (Å²) < 4.78 is 5.56. The van der Waals surface area contributed by atoms with Crippen LogP contribution in [0.3, 0.4) is 0 Å². The van der Waals surface area contributed by atoms with Crippen molar-refractivity contribution in [1.29, 1.82) is 0 Å². The van der Waals surface area contributed by atoms with Gasteiger partial charge in [-0.15, -0.1) is 0 Å². The number of likely N-dealkylation sites (tertiary alicyclic amines) is 1. The van der Waals surface area contributed by atoms with E-state index >= 15 is 0 Å². The highest BCUT2D eigenvalue weighted by Gasteiger charge is 2.18. The van der Waals surface area contributed by atoms with Gasteiger partial charge in [-0.1, -0.05) is 6.58 Å². The Labute approximate surface area is 220 Å². The molecule has 0 unspecified atom stereocenters. The number of carbonyl (C=O) groups is 1. The first-order chi connectivity index (χ1) is 18.5. The van der Waals surface area contributed by atoms with Gasteiger partial charge in [0.05, 0.1) is 12.8 Å². The van der Waals surface area contributed by atoms with Crippen molar-refractivity contribution in [2.24, 2.45) is 0 Å². The second-order valence-corrected chi connectivity index (χ2v) is 9.01. The van der Waals surface area contributed by atoms with Gasteiger partial charge in [-0.2, -0.15) is 4.98 Å². The number of hydrogen-bond acceptors (Lipinski definition) is 10. The molecule has 38 heavy (non-hydrogen) atoms. The van der Waals surface area contributed by atoms with E-state index < -0.39 is 0 Å². The number of amides is 1. The number of fused-ring (bicyclic) bond motifs is 1. The summed E-state index contributed by atoms with van der Waals surface area (Å²) in [5, 5.41) is 10.3. The molecule has 0 aromatic carbocycles. The summed E-state index contributed by atoms with van der Waals surface area (Å²) in [5.74, 6) is 1.25. The first-order valence-corrected chi connectivity index (χ1v) is 12.3. The molecule has 0 saturated carbocycles. The molecule has 1 aliphatic heterocycles. The predicted octanol–water partition coefficient (Wildman–Crippen LogP) is 3.86. The van der Waals surface area contributed by atoms with E-state index in [4.69, 9.17) is 9.72 Å². The molecule has 1 fully saturated rings. The summed E-state index contributed by atoms with van der Waals surface area (Å²) in [6, 6.07) is 9.47. The minimum Gasteiger partial charge on any atom is -0.479 e. The molecule has 1 aliphatic rings. The number of carbonyl (C=O) groups excluding carboxylic acids is 1. The topological polar surface area (TPSA) is 130 Å². The number of piperidine rings is 1. The van der Waals surface area contributed by atoms with Gasteiger partial charge in [0.1, 0.15) is 22.7 Å². The number of nitrogens with zero attached hydrogens (tertiary/aromatic N) is 6. The van der Waals surface area contributed by atoms with Gasteiger partial charge in [-0.05, 0) is 69.4 Å². The monoisotopic (exact) mass is 511 g/mol. The maximum Gasteiger partial charge on any atom is 0.247 e. The summed E-state index contributed by atoms with van der Waals surface area (Å²) in [6.07, 6.45) is 8.35. The Hall–Kier alpha value is -4.64. The van der Waals surface area contributed by atoms with Crippen LogP contribution in [-0.4, -0.2) is 69.0 Å². The molecule has 1 amide bonds. The summed E-state index contributed by atoms with van der Waals surface area (Å²) in [7, 11) is 3.73. The molecule has 11 nitrogen and oxygen atoms in total. The van der Waals surface area contributed by atoms with Crippen molar-refractivity contribution < 1.29 is 9.53 Å². The van der Waals surface area contributed by atoms with Crippen molar-refractivity contribution in [1.82, 2.24) is 29.8 Å². The van der Waals surface area contributed by atoms with Gasteiger partial charge in [0.15, 0.2) is 0 Å². The van der Waals surface area contributed by atoms with Crippen LogP contribution < -0.4 is 20.7 Å². The summed E-state index contributed by atoms with van der Waals surface area (Å²) in [5.41, 5.74) is 2.95. The zero-order valence-electron chi connectivity index (χ0n) is 21.3. The first-order valence-electron chi connectivity index (χ1n) is 12.3. The quantitative estimate of drug-likeness (QED) is 0.300. The van der Waals surface area contributed by atoms with Crippen molar-refractivity contribution in [2.45, 2.75) is 18.9 Å². The number of rotatable bonds is 8. The largest absolute Gasteiger partial charge is 0.479 e. The van der Waals surface area contributed by atoms with Crippen LogP contribution in [-0.2, 0) is 4.79 Å². The molecule has 0 aliphatic carbocycles. The zero-order valence-corrected chi connectivity index (χ0v) is 21.3. The molecule has 4 aromatic heterocycles. The average molecular weight is 512 g/mol. The molecule has 5 heterocycles. The second kappa shape index (κ2) is 11.2. The minimum absolute atomic E-state index is 0.308. The Balaban J connectivity index is 1.40. The van der Waals surface area contributed by atoms with Crippen LogP contribution in [0.1, 0.15) is 12.8 Å². The number of aromatic nitrogens is 5. The van der Waals surface area contributed by atoms with Gasteiger partial charge in [0.2, 0.25) is 17.7 Å². The Morgan fingerprint density at radius 2 is 1.92 bits per heavy atom. The molecule has 0 atom stereocenters. The molecule has 0 bridgehead atoms. The van der Waals surface area contributed by atoms with E-state index in [9.17, 15) is 4.79 Å². The molecule has 0 spiro atoms. The summed E-state index contributed by atoms with van der Waals surface area (Å²) >= 11 is 0. The number of ether oxygens (including phenoxy) is 1. The van der Waals surface area contributed by atoms with E-state index in [-0.39, 0.29) is 5.91 Å². The molecule has 194 valence electrons. The fraction of sp³-hybridized carbons (Fsp3) is 0.259. The van der Waals surface area contributed by atoms with Crippen LogP contribution >= 0.6 is 0 Å². The molecule has 4 aromatic rings. The Bertz CT molecular complexity index is 1470. The average Bonchev–Trinajstić information content (AvgIpc) is 2.94. The standard InChI is InChI=1S/C27H29N9O2/c1-4-23(37)32-19-8-12-28-21(15-19)25-24-17(7-11-29-25)16-30-27(35-24)33-20-5-6-22(34-26(20)38-3)31-18-9-13-36(2)14-10-18/h4-8,11-12,15-16,18H,1,9-10,13-14H2,2-3H3,(H,31,34)(H,28,32,37)(H,30,33,35). The number of methoxy groups -OCH3 is 1. The SMILES string of the molecule is C=CC(=O)Nc1ccnc(-c2nccc3cnc(Nc4ccc(NC5CCN(C)CC5)nc4OC)nc23)c1. The smallest absolute Gasteiger partial charge is 0.247 e. The van der Waals surface area contributed by atoms with Gasteiger partial charge in [0, 0.05) is 35.7 Å². The van der Waals surface area contributed by atoms with E-state index in [1.807, 2.05) is 18.2 Å². The van der Waals surface area contributed by atoms with Gasteiger partial charge in [-0.3, -0.25) is 14.8 Å². The Kier molecular flexibility index (Phi) is 7.36. The lowest BCUT2D eigenvalue weighted by molar-refractivity contribution is -0.111. The Morgan fingerprint density at radius 3 is 2.71 bits per heavy atom. The third kappa shape index (κ3) is 5.68.